The van der Waals surface area contributed by atoms with Crippen LogP contribution < -0.4 is 0 Å². The normalized spacial score (nSPS) is 12.3. The molecule has 0 aliphatic rings. The maximum absolute atomic E-state index is 14.7. The summed E-state index contributed by atoms with van der Waals surface area (Å²) < 4.78 is 54.0. The van der Waals surface area contributed by atoms with Crippen molar-refractivity contribution >= 4 is 6.09 Å². The van der Waals surface area contributed by atoms with E-state index in [1.165, 1.54) is 12.3 Å². The number of carbonyl (C=O) groups is 1. The molecule has 2 aromatic rings. The Bertz CT molecular complexity index is 794. The number of alkyl halides is 3. The zero-order chi connectivity index (χ0) is 19.7. The van der Waals surface area contributed by atoms with E-state index in [1.54, 1.807) is 0 Å². The van der Waals surface area contributed by atoms with Gasteiger partial charge in [-0.15, -0.1) is 0 Å². The van der Waals surface area contributed by atoms with Gasteiger partial charge in [-0.3, -0.25) is 4.98 Å². The summed E-state index contributed by atoms with van der Waals surface area (Å²) in [6.07, 6.45) is -3.83. The molecule has 1 amide bonds. The molecule has 0 spiro atoms. The molecule has 0 atom stereocenters. The Labute approximate surface area is 147 Å². The molecule has 0 unspecified atom stereocenters. The van der Waals surface area contributed by atoms with Crippen LogP contribution in [-0.4, -0.2) is 32.6 Å². The third kappa shape index (κ3) is 4.53. The first-order valence-electron chi connectivity index (χ1n) is 7.76. The summed E-state index contributed by atoms with van der Waals surface area (Å²) in [7, 11) is 0. The molecule has 2 rings (SSSR count). The van der Waals surface area contributed by atoms with Gasteiger partial charge in [-0.1, -0.05) is 20.8 Å². The summed E-state index contributed by atoms with van der Waals surface area (Å²) in [6.45, 7) is 5.34. The number of nitrogens with one attached hydrogen (secondary N) is 1. The molecule has 2 N–H and O–H groups in total. The van der Waals surface area contributed by atoms with E-state index in [4.69, 9.17) is 0 Å². The van der Waals surface area contributed by atoms with E-state index >= 15 is 0 Å². The molecule has 0 aromatic carbocycles. The molecular weight excluding hydrogens is 354 g/mol. The van der Waals surface area contributed by atoms with Gasteiger partial charge in [0.15, 0.2) is 11.5 Å². The van der Waals surface area contributed by atoms with Crippen molar-refractivity contribution in [1.29, 1.82) is 0 Å². The second-order valence-corrected chi connectivity index (χ2v) is 7.10. The largest absolute Gasteiger partial charge is 0.465 e. The average Bonchev–Trinajstić information content (AvgIpc) is 2.85. The molecule has 0 radical (unpaired) electrons. The van der Waals surface area contributed by atoms with Gasteiger partial charge in [-0.2, -0.15) is 13.2 Å². The van der Waals surface area contributed by atoms with Crippen molar-refractivity contribution < 1.29 is 27.5 Å². The summed E-state index contributed by atoms with van der Waals surface area (Å²) in [5.41, 5.74) is -2.41. The number of H-pyrrole nitrogens is 1. The lowest BCUT2D eigenvalue weighted by Crippen LogP contribution is -2.36. The second-order valence-electron chi connectivity index (χ2n) is 7.10. The zero-order valence-corrected chi connectivity index (χ0v) is 14.5. The van der Waals surface area contributed by atoms with E-state index < -0.39 is 29.3 Å². The molecule has 5 nitrogen and oxygen atoms in total. The second kappa shape index (κ2) is 6.97. The van der Waals surface area contributed by atoms with Crippen LogP contribution >= 0.6 is 0 Å². The molecule has 0 aliphatic heterocycles. The van der Waals surface area contributed by atoms with Crippen LogP contribution in [0.25, 0.3) is 11.3 Å². The van der Waals surface area contributed by atoms with Crippen molar-refractivity contribution in [1.82, 2.24) is 14.9 Å². The molecule has 0 bridgehead atoms. The smallest absolute Gasteiger partial charge is 0.434 e. The number of hydrogen-bond donors (Lipinski definition) is 2. The molecule has 0 fully saturated rings. The van der Waals surface area contributed by atoms with Crippen molar-refractivity contribution in [3.63, 3.8) is 0 Å². The fraction of sp³-hybridized carbons (Fsp3) is 0.412. The Kier molecular flexibility index (Phi) is 5.29. The van der Waals surface area contributed by atoms with E-state index in [-0.39, 0.29) is 29.8 Å². The highest BCUT2D eigenvalue weighted by Gasteiger charge is 2.36. The molecular formula is C17H19F4N3O2. The minimum atomic E-state index is -4.74. The maximum Gasteiger partial charge on any atom is 0.434 e. The Morgan fingerprint density at radius 1 is 1.31 bits per heavy atom. The van der Waals surface area contributed by atoms with E-state index in [9.17, 15) is 27.5 Å². The first-order chi connectivity index (χ1) is 11.9. The molecule has 26 heavy (non-hydrogen) atoms. The summed E-state index contributed by atoms with van der Waals surface area (Å²) in [5.74, 6) is -0.927. The molecule has 2 heterocycles. The van der Waals surface area contributed by atoms with Gasteiger partial charge in [0, 0.05) is 30.1 Å². The van der Waals surface area contributed by atoms with E-state index in [1.807, 2.05) is 20.8 Å². The molecule has 0 saturated carbocycles. The van der Waals surface area contributed by atoms with Crippen LogP contribution in [0, 0.1) is 11.2 Å². The minimum absolute atomic E-state index is 0.0383. The number of pyridine rings is 1. The number of nitrogens with zero attached hydrogens (tertiary/aromatic N) is 2. The molecule has 2 aromatic heterocycles. The van der Waals surface area contributed by atoms with Crippen molar-refractivity contribution in [3.8, 4) is 11.3 Å². The van der Waals surface area contributed by atoms with Crippen LogP contribution in [-0.2, 0) is 12.7 Å². The average molecular weight is 373 g/mol. The van der Waals surface area contributed by atoms with E-state index in [0.29, 0.717) is 0 Å². The SMILES string of the molecule is CC(C)(C)CN(Cc1c[nH]c(-c2cccnc2C(F)(F)F)c1F)C(=O)O. The van der Waals surface area contributed by atoms with E-state index in [2.05, 4.69) is 9.97 Å². The highest BCUT2D eigenvalue weighted by Crippen LogP contribution is 2.36. The summed E-state index contributed by atoms with van der Waals surface area (Å²) in [4.78, 5) is 18.2. The van der Waals surface area contributed by atoms with Crippen LogP contribution in [0.5, 0.6) is 0 Å². The first-order valence-corrected chi connectivity index (χ1v) is 7.76. The van der Waals surface area contributed by atoms with Gasteiger partial charge in [0.1, 0.15) is 0 Å². The lowest BCUT2D eigenvalue weighted by Gasteiger charge is -2.27. The standard InChI is InChI=1S/C17H19F4N3O2/c1-16(2,3)9-24(15(25)26)8-10-7-23-13(12(10)18)11-5-4-6-22-14(11)17(19,20)21/h4-7,23H,8-9H2,1-3H3,(H,25,26). The summed E-state index contributed by atoms with van der Waals surface area (Å²) in [6, 6.07) is 2.38. The predicted octanol–water partition coefficient (Wildman–Crippen LogP) is 4.76. The third-order valence-corrected chi connectivity index (χ3v) is 3.53. The Hall–Kier alpha value is -2.58. The third-order valence-electron chi connectivity index (χ3n) is 3.53. The van der Waals surface area contributed by atoms with Gasteiger partial charge in [0.25, 0.3) is 0 Å². The zero-order valence-electron chi connectivity index (χ0n) is 14.5. The van der Waals surface area contributed by atoms with Crippen LogP contribution in [0.1, 0.15) is 32.0 Å². The number of halogens is 4. The van der Waals surface area contributed by atoms with Crippen LogP contribution in [0.3, 0.4) is 0 Å². The summed E-state index contributed by atoms with van der Waals surface area (Å²) >= 11 is 0. The first kappa shape index (κ1) is 19.7. The number of carboxylic acid groups (broad SMARTS) is 1. The highest BCUT2D eigenvalue weighted by atomic mass is 19.4. The van der Waals surface area contributed by atoms with Crippen molar-refractivity contribution in [2.75, 3.05) is 6.54 Å². The number of aromatic amines is 1. The number of hydrogen-bond acceptors (Lipinski definition) is 2. The van der Waals surface area contributed by atoms with Gasteiger partial charge in [-0.05, 0) is 17.5 Å². The quantitative estimate of drug-likeness (QED) is 0.759. The lowest BCUT2D eigenvalue weighted by molar-refractivity contribution is -0.140. The van der Waals surface area contributed by atoms with Crippen LogP contribution in [0.15, 0.2) is 24.5 Å². The van der Waals surface area contributed by atoms with Gasteiger partial charge < -0.3 is 15.0 Å². The Morgan fingerprint density at radius 2 is 1.96 bits per heavy atom. The van der Waals surface area contributed by atoms with Crippen LogP contribution in [0.4, 0.5) is 22.4 Å². The van der Waals surface area contributed by atoms with Crippen molar-refractivity contribution in [3.05, 3.63) is 41.6 Å². The summed E-state index contributed by atoms with van der Waals surface area (Å²) in [5, 5.41) is 9.30. The molecule has 9 heteroatoms. The molecule has 142 valence electrons. The fourth-order valence-corrected chi connectivity index (χ4v) is 2.56. The maximum atomic E-state index is 14.7. The van der Waals surface area contributed by atoms with Crippen LogP contribution in [0.2, 0.25) is 0 Å². The molecule has 0 saturated heterocycles. The topological polar surface area (TPSA) is 69.2 Å². The number of rotatable bonds is 4. The minimum Gasteiger partial charge on any atom is -0.465 e. The van der Waals surface area contributed by atoms with Gasteiger partial charge in [0.05, 0.1) is 12.2 Å². The number of amides is 1. The van der Waals surface area contributed by atoms with Gasteiger partial charge >= 0.3 is 12.3 Å². The Morgan fingerprint density at radius 3 is 2.50 bits per heavy atom. The van der Waals surface area contributed by atoms with Crippen molar-refractivity contribution in [2.45, 2.75) is 33.5 Å². The van der Waals surface area contributed by atoms with Gasteiger partial charge in [0.2, 0.25) is 0 Å². The lowest BCUT2D eigenvalue weighted by atomic mass is 9.96. The highest BCUT2D eigenvalue weighted by molar-refractivity contribution is 5.67. The Balaban J connectivity index is 2.38. The predicted molar refractivity (Wildman–Crippen MR) is 86.9 cm³/mol. The number of aromatic nitrogens is 2. The van der Waals surface area contributed by atoms with E-state index in [0.717, 1.165) is 17.2 Å². The fourth-order valence-electron chi connectivity index (χ4n) is 2.56. The van der Waals surface area contributed by atoms with Gasteiger partial charge in [-0.25, -0.2) is 9.18 Å². The van der Waals surface area contributed by atoms with Crippen molar-refractivity contribution in [2.24, 2.45) is 5.41 Å². The molecule has 0 aliphatic carbocycles. The monoisotopic (exact) mass is 373 g/mol.